The molecular formula is C12H15F3N2O3S. The third kappa shape index (κ3) is 4.42. The van der Waals surface area contributed by atoms with Crippen LogP contribution in [0.15, 0.2) is 0 Å². The summed E-state index contributed by atoms with van der Waals surface area (Å²) < 4.78 is 37.9. The number of anilines is 1. The molecule has 0 atom stereocenters. The minimum Gasteiger partial charge on any atom is -0.477 e. The number of hydrogen-bond donors (Lipinski definition) is 1. The summed E-state index contributed by atoms with van der Waals surface area (Å²) in [7, 11) is 0. The molecule has 1 aromatic rings. The number of rotatable bonds is 6. The number of carboxylic acid groups (broad SMARTS) is 1. The smallest absolute Gasteiger partial charge is 0.471 e. The van der Waals surface area contributed by atoms with E-state index in [1.807, 2.05) is 6.92 Å². The van der Waals surface area contributed by atoms with Gasteiger partial charge in [0.15, 0.2) is 5.13 Å². The highest BCUT2D eigenvalue weighted by Crippen LogP contribution is 2.30. The van der Waals surface area contributed by atoms with Crippen molar-refractivity contribution in [3.63, 3.8) is 0 Å². The third-order valence-electron chi connectivity index (χ3n) is 2.68. The summed E-state index contributed by atoms with van der Waals surface area (Å²) in [6.07, 6.45) is -3.18. The summed E-state index contributed by atoms with van der Waals surface area (Å²) in [4.78, 5) is 26.5. The largest absolute Gasteiger partial charge is 0.477 e. The van der Waals surface area contributed by atoms with Gasteiger partial charge in [-0.1, -0.05) is 31.1 Å². The normalized spacial score (nSPS) is 11.5. The molecule has 1 rings (SSSR count). The van der Waals surface area contributed by atoms with Gasteiger partial charge in [0.05, 0.1) is 5.69 Å². The second-order valence-corrected chi connectivity index (χ2v) is 5.36. The molecule has 1 N–H and O–H groups in total. The topological polar surface area (TPSA) is 70.5 Å². The second kappa shape index (κ2) is 6.88. The van der Waals surface area contributed by atoms with Crippen molar-refractivity contribution in [2.75, 3.05) is 11.4 Å². The number of hydrogen-bond acceptors (Lipinski definition) is 4. The number of halogens is 3. The Morgan fingerprint density at radius 3 is 2.38 bits per heavy atom. The minimum atomic E-state index is -5.02. The standard InChI is InChI=1S/C12H15F3N2O3S/c1-3-4-5-6-17(10(20)12(13,14)15)11-16-7(2)8(21-11)9(18)19/h3-6H2,1-2H3,(H,18,19). The lowest BCUT2D eigenvalue weighted by molar-refractivity contribution is -0.170. The molecule has 118 valence electrons. The summed E-state index contributed by atoms with van der Waals surface area (Å²) in [6.45, 7) is 3.12. The van der Waals surface area contributed by atoms with Crippen LogP contribution in [0, 0.1) is 6.92 Å². The molecular weight excluding hydrogens is 309 g/mol. The van der Waals surface area contributed by atoms with Gasteiger partial charge in [0, 0.05) is 6.54 Å². The van der Waals surface area contributed by atoms with Crippen LogP contribution >= 0.6 is 11.3 Å². The number of thiazole rings is 1. The Balaban J connectivity index is 3.08. The first-order chi connectivity index (χ1) is 9.68. The van der Waals surface area contributed by atoms with Crippen molar-refractivity contribution < 1.29 is 27.9 Å². The van der Waals surface area contributed by atoms with Crippen molar-refractivity contribution in [2.24, 2.45) is 0 Å². The lowest BCUT2D eigenvalue weighted by Gasteiger charge is -2.20. The van der Waals surface area contributed by atoms with Crippen molar-refractivity contribution in [3.05, 3.63) is 10.6 Å². The van der Waals surface area contributed by atoms with Crippen molar-refractivity contribution in [1.29, 1.82) is 0 Å². The highest BCUT2D eigenvalue weighted by atomic mass is 32.1. The molecule has 0 aromatic carbocycles. The van der Waals surface area contributed by atoms with Crippen molar-refractivity contribution >= 4 is 28.3 Å². The van der Waals surface area contributed by atoms with E-state index in [1.54, 1.807) is 0 Å². The first kappa shape index (κ1) is 17.4. The van der Waals surface area contributed by atoms with Crippen molar-refractivity contribution in [1.82, 2.24) is 4.98 Å². The van der Waals surface area contributed by atoms with Gasteiger partial charge >= 0.3 is 18.1 Å². The van der Waals surface area contributed by atoms with Gasteiger partial charge in [0.25, 0.3) is 0 Å². The first-order valence-corrected chi connectivity index (χ1v) is 7.09. The van der Waals surface area contributed by atoms with Gasteiger partial charge in [-0.15, -0.1) is 0 Å². The van der Waals surface area contributed by atoms with E-state index in [9.17, 15) is 22.8 Å². The molecule has 21 heavy (non-hydrogen) atoms. The Hall–Kier alpha value is -1.64. The zero-order valence-electron chi connectivity index (χ0n) is 11.5. The molecule has 1 heterocycles. The van der Waals surface area contributed by atoms with E-state index in [0.717, 1.165) is 6.42 Å². The molecule has 0 bridgehead atoms. The first-order valence-electron chi connectivity index (χ1n) is 6.27. The average molecular weight is 324 g/mol. The van der Waals surface area contributed by atoms with Gasteiger partial charge in [0.2, 0.25) is 0 Å². The lowest BCUT2D eigenvalue weighted by Crippen LogP contribution is -2.41. The molecule has 0 radical (unpaired) electrons. The fourth-order valence-corrected chi connectivity index (χ4v) is 2.58. The van der Waals surface area contributed by atoms with E-state index < -0.39 is 18.1 Å². The van der Waals surface area contributed by atoms with Crippen molar-refractivity contribution in [2.45, 2.75) is 39.3 Å². The van der Waals surface area contributed by atoms with Gasteiger partial charge in [-0.3, -0.25) is 9.69 Å². The van der Waals surface area contributed by atoms with Gasteiger partial charge in [-0.2, -0.15) is 13.2 Å². The van der Waals surface area contributed by atoms with E-state index in [-0.39, 0.29) is 22.2 Å². The fourth-order valence-electron chi connectivity index (χ4n) is 1.65. The van der Waals surface area contributed by atoms with Crippen LogP contribution < -0.4 is 4.90 Å². The summed E-state index contributed by atoms with van der Waals surface area (Å²) in [5.74, 6) is -3.30. The molecule has 0 spiro atoms. The monoisotopic (exact) mass is 324 g/mol. The predicted molar refractivity (Wildman–Crippen MR) is 71.7 cm³/mol. The Morgan fingerprint density at radius 2 is 1.95 bits per heavy atom. The number of aromatic nitrogens is 1. The van der Waals surface area contributed by atoms with Gasteiger partial charge in [-0.25, -0.2) is 9.78 Å². The van der Waals surface area contributed by atoms with Crippen LogP contribution in [0.25, 0.3) is 0 Å². The number of aryl methyl sites for hydroxylation is 1. The molecule has 0 saturated carbocycles. The molecule has 0 aliphatic carbocycles. The molecule has 0 aliphatic rings. The Kier molecular flexibility index (Phi) is 5.70. The quantitative estimate of drug-likeness (QED) is 0.816. The molecule has 1 aromatic heterocycles. The van der Waals surface area contributed by atoms with E-state index in [4.69, 9.17) is 5.11 Å². The van der Waals surface area contributed by atoms with E-state index in [1.165, 1.54) is 6.92 Å². The number of amides is 1. The third-order valence-corrected chi connectivity index (χ3v) is 3.85. The van der Waals surface area contributed by atoms with E-state index in [2.05, 4.69) is 4.98 Å². The van der Waals surface area contributed by atoms with Crippen LogP contribution in [-0.2, 0) is 4.79 Å². The molecule has 1 amide bonds. The summed E-state index contributed by atoms with van der Waals surface area (Å²) >= 11 is 0.573. The molecule has 0 fully saturated rings. The lowest BCUT2D eigenvalue weighted by atomic mass is 10.2. The number of carbonyl (C=O) groups is 2. The predicted octanol–water partition coefficient (Wildman–Crippen LogP) is 3.24. The van der Waals surface area contributed by atoms with Crippen LogP contribution in [0.2, 0.25) is 0 Å². The summed E-state index contributed by atoms with van der Waals surface area (Å²) in [6, 6.07) is 0. The number of alkyl halides is 3. The number of nitrogens with zero attached hydrogens (tertiary/aromatic N) is 2. The van der Waals surface area contributed by atoms with Gasteiger partial charge in [-0.05, 0) is 13.3 Å². The highest BCUT2D eigenvalue weighted by molar-refractivity contribution is 7.17. The Bertz CT molecular complexity index is 528. The average Bonchev–Trinajstić information content (AvgIpc) is 2.75. The van der Waals surface area contributed by atoms with Crippen LogP contribution in [0.5, 0.6) is 0 Å². The molecule has 0 aliphatic heterocycles. The Morgan fingerprint density at radius 1 is 1.33 bits per heavy atom. The van der Waals surface area contributed by atoms with E-state index in [0.29, 0.717) is 29.1 Å². The zero-order valence-corrected chi connectivity index (χ0v) is 12.3. The SMILES string of the molecule is CCCCCN(C(=O)C(F)(F)F)c1nc(C)c(C(=O)O)s1. The minimum absolute atomic E-state index is 0.0953. The van der Waals surface area contributed by atoms with Crippen LogP contribution in [-0.4, -0.2) is 34.7 Å². The zero-order chi connectivity index (χ0) is 16.2. The van der Waals surface area contributed by atoms with Crippen molar-refractivity contribution in [3.8, 4) is 0 Å². The summed E-state index contributed by atoms with van der Waals surface area (Å²) in [5.41, 5.74) is 0.0953. The fraction of sp³-hybridized carbons (Fsp3) is 0.583. The highest BCUT2D eigenvalue weighted by Gasteiger charge is 2.44. The van der Waals surface area contributed by atoms with Crippen LogP contribution in [0.4, 0.5) is 18.3 Å². The Labute approximate surface area is 123 Å². The molecule has 0 saturated heterocycles. The molecule has 0 unspecified atom stereocenters. The maximum atomic E-state index is 12.6. The maximum Gasteiger partial charge on any atom is 0.471 e. The van der Waals surface area contributed by atoms with E-state index >= 15 is 0 Å². The molecule has 9 heteroatoms. The van der Waals surface area contributed by atoms with Crippen LogP contribution in [0.1, 0.15) is 41.6 Å². The number of carboxylic acids is 1. The van der Waals surface area contributed by atoms with Crippen LogP contribution in [0.3, 0.4) is 0 Å². The molecule has 5 nitrogen and oxygen atoms in total. The number of unbranched alkanes of at least 4 members (excludes halogenated alkanes) is 2. The number of carbonyl (C=O) groups excluding carboxylic acids is 1. The van der Waals surface area contributed by atoms with Gasteiger partial charge < -0.3 is 5.11 Å². The number of aromatic carboxylic acids is 1. The maximum absolute atomic E-state index is 12.6. The second-order valence-electron chi connectivity index (χ2n) is 4.38. The van der Waals surface area contributed by atoms with Gasteiger partial charge in [0.1, 0.15) is 4.88 Å². The summed E-state index contributed by atoms with van der Waals surface area (Å²) in [5, 5.41) is 8.69.